The van der Waals surface area contributed by atoms with Gasteiger partial charge in [0.25, 0.3) is 0 Å². The van der Waals surface area contributed by atoms with E-state index in [2.05, 4.69) is 27.2 Å². The summed E-state index contributed by atoms with van der Waals surface area (Å²) in [6, 6.07) is 14.1. The molecule has 0 spiro atoms. The summed E-state index contributed by atoms with van der Waals surface area (Å²) in [4.78, 5) is 20.0. The summed E-state index contributed by atoms with van der Waals surface area (Å²) >= 11 is 14.7. The monoisotopic (exact) mass is 593 g/mol. The molecule has 0 N–H and O–H groups in total. The minimum Gasteiger partial charge on any atom is -0.373 e. The van der Waals surface area contributed by atoms with Gasteiger partial charge < -0.3 is 14.2 Å². The van der Waals surface area contributed by atoms with E-state index in [4.69, 9.17) is 32.5 Å². The molecular weight excluding hydrogens is 565 g/mol. The molecular formula is C31H29Cl2N3O3S. The van der Waals surface area contributed by atoms with Crippen molar-refractivity contribution >= 4 is 40.4 Å². The number of halogens is 2. The Kier molecular flexibility index (Phi) is 7.16. The molecule has 1 aliphatic carbocycles. The lowest BCUT2D eigenvalue weighted by molar-refractivity contribution is -0.138. The zero-order valence-electron chi connectivity index (χ0n) is 21.9. The van der Waals surface area contributed by atoms with E-state index in [9.17, 15) is 4.79 Å². The molecule has 3 fully saturated rings. The third-order valence-corrected chi connectivity index (χ3v) is 9.82. The van der Waals surface area contributed by atoms with Gasteiger partial charge in [0, 0.05) is 46.3 Å². The highest BCUT2D eigenvalue weighted by atomic mass is 35.5. The second-order valence-electron chi connectivity index (χ2n) is 11.0. The lowest BCUT2D eigenvalue weighted by Crippen LogP contribution is -2.49. The Morgan fingerprint density at radius 1 is 1.05 bits per heavy atom. The van der Waals surface area contributed by atoms with Crippen molar-refractivity contribution in [2.45, 2.75) is 75.7 Å². The van der Waals surface area contributed by atoms with E-state index in [0.717, 1.165) is 66.0 Å². The van der Waals surface area contributed by atoms with Crippen LogP contribution in [-0.2, 0) is 22.6 Å². The number of carbonyl (C=O) groups is 1. The van der Waals surface area contributed by atoms with Crippen LogP contribution >= 0.6 is 34.5 Å². The first-order valence-corrected chi connectivity index (χ1v) is 15.5. The summed E-state index contributed by atoms with van der Waals surface area (Å²) in [7, 11) is 0. The first kappa shape index (κ1) is 26.2. The Bertz CT molecular complexity index is 1500. The highest BCUT2D eigenvalue weighted by molar-refractivity contribution is 7.13. The maximum absolute atomic E-state index is 13.5. The van der Waals surface area contributed by atoms with Crippen molar-refractivity contribution in [3.05, 3.63) is 81.0 Å². The van der Waals surface area contributed by atoms with Gasteiger partial charge in [-0.2, -0.15) is 0 Å². The van der Waals surface area contributed by atoms with Crippen LogP contribution in [0, 0.1) is 0 Å². The second kappa shape index (κ2) is 10.9. The lowest BCUT2D eigenvalue weighted by atomic mass is 9.98. The van der Waals surface area contributed by atoms with E-state index in [-0.39, 0.29) is 24.1 Å². The fourth-order valence-electron chi connectivity index (χ4n) is 6.37. The summed E-state index contributed by atoms with van der Waals surface area (Å²) in [5, 5.41) is 8.44. The molecule has 7 rings (SSSR count). The number of aromatic nitrogens is 2. The number of hydrogen-bond acceptors (Lipinski definition) is 6. The number of ether oxygens (including phenoxy) is 1. The van der Waals surface area contributed by atoms with Crippen LogP contribution in [0.4, 0.5) is 0 Å². The van der Waals surface area contributed by atoms with Gasteiger partial charge in [-0.1, -0.05) is 52.6 Å². The van der Waals surface area contributed by atoms with E-state index >= 15 is 0 Å². The van der Waals surface area contributed by atoms with E-state index in [1.165, 1.54) is 0 Å². The topological polar surface area (TPSA) is 68.5 Å². The number of hydrogen-bond donors (Lipinski definition) is 0. The van der Waals surface area contributed by atoms with Crippen molar-refractivity contribution in [1.82, 2.24) is 15.0 Å². The fourth-order valence-corrected chi connectivity index (χ4v) is 7.58. The van der Waals surface area contributed by atoms with Crippen molar-refractivity contribution in [2.75, 3.05) is 0 Å². The van der Waals surface area contributed by atoms with E-state index < -0.39 is 0 Å². The number of piperidine rings is 1. The van der Waals surface area contributed by atoms with Crippen LogP contribution in [0.2, 0.25) is 10.0 Å². The molecule has 6 nitrogen and oxygen atoms in total. The molecule has 2 unspecified atom stereocenters. The van der Waals surface area contributed by atoms with Crippen LogP contribution < -0.4 is 0 Å². The van der Waals surface area contributed by atoms with E-state index in [1.807, 2.05) is 41.9 Å². The zero-order chi connectivity index (χ0) is 27.2. The standard InChI is InChI=1S/C31H29Cl2N3O3S/c32-25-5-2-6-26(33)28(25)29-24(30(39-35-29)19-7-8-19)17-38-23-15-21-9-10-22(16-23)36(21)27(37)14-18-3-1-4-20(13-18)31-34-11-12-40-31/h1-6,11-13,19,21-23H,7-10,14-17H2. The van der Waals surface area contributed by atoms with Gasteiger partial charge in [-0.05, 0) is 62.3 Å². The third kappa shape index (κ3) is 5.09. The molecule has 1 saturated carbocycles. The van der Waals surface area contributed by atoms with Crippen LogP contribution in [0.15, 0.2) is 58.6 Å². The van der Waals surface area contributed by atoms with Gasteiger partial charge in [0.05, 0.1) is 29.2 Å². The Labute approximate surface area is 247 Å². The van der Waals surface area contributed by atoms with Crippen LogP contribution in [0.25, 0.3) is 21.8 Å². The first-order valence-electron chi connectivity index (χ1n) is 13.9. The summed E-state index contributed by atoms with van der Waals surface area (Å²) in [5.74, 6) is 1.47. The van der Waals surface area contributed by atoms with Gasteiger partial charge >= 0.3 is 0 Å². The summed E-state index contributed by atoms with van der Waals surface area (Å²) in [6.07, 6.45) is 8.21. The molecule has 2 saturated heterocycles. The molecule has 4 aromatic rings. The zero-order valence-corrected chi connectivity index (χ0v) is 24.2. The fraction of sp³-hybridized carbons (Fsp3) is 0.387. The van der Waals surface area contributed by atoms with Crippen LogP contribution in [0.5, 0.6) is 0 Å². The van der Waals surface area contributed by atoms with Crippen molar-refractivity contribution in [1.29, 1.82) is 0 Å². The van der Waals surface area contributed by atoms with E-state index in [0.29, 0.717) is 40.2 Å². The molecule has 1 amide bonds. The number of carbonyl (C=O) groups excluding carboxylic acids is 1. The maximum Gasteiger partial charge on any atom is 0.227 e. The molecule has 9 heteroatoms. The molecule has 2 aliphatic heterocycles. The van der Waals surface area contributed by atoms with Gasteiger partial charge in [-0.25, -0.2) is 4.98 Å². The van der Waals surface area contributed by atoms with Crippen LogP contribution in [0.1, 0.15) is 61.3 Å². The van der Waals surface area contributed by atoms with Gasteiger partial charge in [-0.15, -0.1) is 11.3 Å². The van der Waals surface area contributed by atoms with E-state index in [1.54, 1.807) is 11.3 Å². The summed E-state index contributed by atoms with van der Waals surface area (Å²) < 4.78 is 12.4. The highest BCUT2D eigenvalue weighted by Crippen LogP contribution is 2.46. The highest BCUT2D eigenvalue weighted by Gasteiger charge is 2.44. The molecule has 40 heavy (non-hydrogen) atoms. The third-order valence-electron chi connectivity index (χ3n) is 8.37. The van der Waals surface area contributed by atoms with Gasteiger partial charge in [0.1, 0.15) is 16.5 Å². The van der Waals surface area contributed by atoms with Gasteiger partial charge in [0.2, 0.25) is 5.91 Å². The molecule has 2 bridgehead atoms. The normalized spacial score (nSPS) is 22.1. The molecule has 2 aromatic heterocycles. The minimum absolute atomic E-state index is 0.0753. The van der Waals surface area contributed by atoms with Gasteiger partial charge in [-0.3, -0.25) is 4.79 Å². The largest absolute Gasteiger partial charge is 0.373 e. The lowest BCUT2D eigenvalue weighted by Gasteiger charge is -2.39. The van der Waals surface area contributed by atoms with Crippen molar-refractivity contribution in [3.8, 4) is 21.8 Å². The SMILES string of the molecule is O=C(Cc1cccc(-c2nccs2)c1)N1C2CCC1CC(OCc1c(-c3c(Cl)cccc3Cl)noc1C1CC1)C2. The number of benzene rings is 2. The molecule has 0 radical (unpaired) electrons. The number of thiazole rings is 1. The Balaban J connectivity index is 1.03. The number of nitrogens with zero attached hydrogens (tertiary/aromatic N) is 3. The van der Waals surface area contributed by atoms with Gasteiger partial charge in [0.15, 0.2) is 0 Å². The number of rotatable bonds is 8. The maximum atomic E-state index is 13.5. The first-order chi connectivity index (χ1) is 19.5. The van der Waals surface area contributed by atoms with Crippen molar-refractivity contribution in [3.63, 3.8) is 0 Å². The quantitative estimate of drug-likeness (QED) is 0.207. The molecule has 2 atom stereocenters. The smallest absolute Gasteiger partial charge is 0.227 e. The predicted molar refractivity (Wildman–Crippen MR) is 157 cm³/mol. The molecule has 4 heterocycles. The number of amides is 1. The van der Waals surface area contributed by atoms with Crippen molar-refractivity contribution < 1.29 is 14.1 Å². The average Bonchev–Trinajstić information content (AvgIpc) is 3.35. The van der Waals surface area contributed by atoms with Crippen molar-refractivity contribution in [2.24, 2.45) is 0 Å². The summed E-state index contributed by atoms with van der Waals surface area (Å²) in [6.45, 7) is 0.397. The molecule has 206 valence electrons. The Morgan fingerprint density at radius 2 is 1.80 bits per heavy atom. The Morgan fingerprint density at radius 3 is 2.50 bits per heavy atom. The Hall–Kier alpha value is -2.71. The number of fused-ring (bicyclic) bond motifs is 2. The average molecular weight is 595 g/mol. The minimum atomic E-state index is 0.0753. The van der Waals surface area contributed by atoms with Crippen LogP contribution in [0.3, 0.4) is 0 Å². The second-order valence-corrected chi connectivity index (χ2v) is 12.8. The molecule has 3 aliphatic rings. The summed E-state index contributed by atoms with van der Waals surface area (Å²) in [5.41, 5.74) is 4.41. The van der Waals surface area contributed by atoms with Crippen LogP contribution in [-0.4, -0.2) is 39.1 Å². The molecule has 2 aromatic carbocycles. The predicted octanol–water partition coefficient (Wildman–Crippen LogP) is 7.93.